The summed E-state index contributed by atoms with van der Waals surface area (Å²) in [6.07, 6.45) is 2.18. The van der Waals surface area contributed by atoms with E-state index in [1.54, 1.807) is 0 Å². The molecule has 0 spiro atoms. The van der Waals surface area contributed by atoms with Gasteiger partial charge >= 0.3 is 35.6 Å². The molecule has 1 radical (unpaired) electrons. The van der Waals surface area contributed by atoms with E-state index in [1.807, 2.05) is 6.92 Å². The summed E-state index contributed by atoms with van der Waals surface area (Å²) >= 11 is -0.556. The molecule has 13 heavy (non-hydrogen) atoms. The van der Waals surface area contributed by atoms with Crippen LogP contribution >= 0.6 is 18.6 Å². The Morgan fingerprint density at radius 3 is 2.00 bits per heavy atom. The van der Waals surface area contributed by atoms with Crippen LogP contribution < -0.4 is 0 Å². The van der Waals surface area contributed by atoms with Crippen LogP contribution in [-0.2, 0) is 17.0 Å². The minimum atomic E-state index is -0.556. The zero-order valence-corrected chi connectivity index (χ0v) is 12.8. The van der Waals surface area contributed by atoms with Crippen LogP contribution in [0.1, 0.15) is 13.8 Å². The van der Waals surface area contributed by atoms with E-state index in [1.165, 1.54) is 17.2 Å². The summed E-state index contributed by atoms with van der Waals surface area (Å²) in [5.74, 6) is 0. The van der Waals surface area contributed by atoms with Crippen molar-refractivity contribution in [1.82, 2.24) is 0 Å². The summed E-state index contributed by atoms with van der Waals surface area (Å²) in [4.78, 5) is 0. The van der Waals surface area contributed by atoms with Crippen LogP contribution in [-0.4, -0.2) is 8.80 Å². The maximum absolute atomic E-state index is 4.89. The summed E-state index contributed by atoms with van der Waals surface area (Å²) in [6.45, 7) is 12.7. The Hall–Kier alpha value is 0.991. The molecule has 0 aromatic rings. The molecule has 75 valence electrons. The van der Waals surface area contributed by atoms with Gasteiger partial charge < -0.3 is 0 Å². The first-order chi connectivity index (χ1) is 5.93. The first-order valence-electron chi connectivity index (χ1n) is 4.02. The van der Waals surface area contributed by atoms with Gasteiger partial charge in [-0.2, -0.15) is 0 Å². The SMILES string of the molecule is C=C(C)/C=C(\C)C[Si](C)C.[Cl][Ti][Cl]. The number of hydrogen-bond acceptors (Lipinski definition) is 0. The van der Waals surface area contributed by atoms with E-state index in [-0.39, 0.29) is 8.80 Å². The fourth-order valence-corrected chi connectivity index (χ4v) is 2.25. The van der Waals surface area contributed by atoms with Gasteiger partial charge in [0.1, 0.15) is 0 Å². The summed E-state index contributed by atoms with van der Waals surface area (Å²) in [7, 11) is 9.69. The van der Waals surface area contributed by atoms with Gasteiger partial charge in [0.2, 0.25) is 0 Å². The second-order valence-corrected chi connectivity index (χ2v) is 8.64. The van der Waals surface area contributed by atoms with Gasteiger partial charge in [-0.25, -0.2) is 0 Å². The Kier molecular flexibility index (Phi) is 14.0. The first kappa shape index (κ1) is 16.4. The maximum atomic E-state index is 4.89. The third-order valence-corrected chi connectivity index (χ3v) is 2.39. The van der Waals surface area contributed by atoms with Crippen molar-refractivity contribution >= 4 is 27.4 Å². The van der Waals surface area contributed by atoms with E-state index in [0.717, 1.165) is 0 Å². The third kappa shape index (κ3) is 19.4. The molecule has 0 aliphatic rings. The Bertz CT molecular complexity index is 167. The van der Waals surface area contributed by atoms with Gasteiger partial charge in [0.25, 0.3) is 0 Å². The first-order valence-corrected chi connectivity index (χ1v) is 11.0. The molecular formula is C9H17Cl2SiTi. The number of allylic oxidation sites excluding steroid dienone is 3. The van der Waals surface area contributed by atoms with Crippen molar-refractivity contribution in [1.29, 1.82) is 0 Å². The van der Waals surface area contributed by atoms with Gasteiger partial charge in [-0.1, -0.05) is 36.9 Å². The molecule has 0 aliphatic heterocycles. The van der Waals surface area contributed by atoms with Crippen molar-refractivity contribution in [2.45, 2.75) is 33.0 Å². The van der Waals surface area contributed by atoms with Crippen molar-refractivity contribution in [2.24, 2.45) is 0 Å². The van der Waals surface area contributed by atoms with E-state index in [2.05, 4.69) is 32.7 Å². The number of rotatable bonds is 3. The Labute approximate surface area is 101 Å². The molecule has 0 aliphatic carbocycles. The van der Waals surface area contributed by atoms with Crippen LogP contribution in [0.2, 0.25) is 19.1 Å². The normalized spacial score (nSPS) is 10.5. The predicted molar refractivity (Wildman–Crippen MR) is 62.6 cm³/mol. The van der Waals surface area contributed by atoms with Crippen molar-refractivity contribution in [3.8, 4) is 0 Å². The van der Waals surface area contributed by atoms with Gasteiger partial charge in [-0.3, -0.25) is 0 Å². The molecule has 0 saturated carbocycles. The average Bonchev–Trinajstić information content (AvgIpc) is 1.83. The summed E-state index contributed by atoms with van der Waals surface area (Å²) < 4.78 is 0. The Morgan fingerprint density at radius 2 is 1.77 bits per heavy atom. The average molecular weight is 272 g/mol. The second kappa shape index (κ2) is 11.1. The molecule has 0 aromatic carbocycles. The minimum absolute atomic E-state index is 0.0883. The summed E-state index contributed by atoms with van der Waals surface area (Å²) in [5.41, 5.74) is 2.65. The molecule has 0 atom stereocenters. The van der Waals surface area contributed by atoms with Crippen molar-refractivity contribution in [3.05, 3.63) is 23.8 Å². The molecule has 0 nitrogen and oxygen atoms in total. The van der Waals surface area contributed by atoms with Crippen LogP contribution in [0, 0.1) is 0 Å². The molecule has 0 N–H and O–H groups in total. The van der Waals surface area contributed by atoms with Crippen molar-refractivity contribution < 1.29 is 17.0 Å². The van der Waals surface area contributed by atoms with E-state index >= 15 is 0 Å². The van der Waals surface area contributed by atoms with Crippen LogP contribution in [0.3, 0.4) is 0 Å². The number of hydrogen-bond donors (Lipinski definition) is 0. The van der Waals surface area contributed by atoms with Crippen LogP contribution in [0.25, 0.3) is 0 Å². The number of halogens is 2. The monoisotopic (exact) mass is 271 g/mol. The van der Waals surface area contributed by atoms with E-state index in [0.29, 0.717) is 0 Å². The molecule has 0 bridgehead atoms. The van der Waals surface area contributed by atoms with Gasteiger partial charge in [0, 0.05) is 8.80 Å². The van der Waals surface area contributed by atoms with E-state index < -0.39 is 17.0 Å². The van der Waals surface area contributed by atoms with Gasteiger partial charge in [-0.15, -0.1) is 0 Å². The van der Waals surface area contributed by atoms with E-state index in [9.17, 15) is 0 Å². The van der Waals surface area contributed by atoms with Gasteiger partial charge in [0.05, 0.1) is 0 Å². The fourth-order valence-electron chi connectivity index (χ4n) is 1.03. The second-order valence-electron chi connectivity index (χ2n) is 3.29. The molecule has 0 aromatic heterocycles. The van der Waals surface area contributed by atoms with Crippen LogP contribution in [0.5, 0.6) is 0 Å². The predicted octanol–water partition coefficient (Wildman–Crippen LogP) is 4.64. The quantitative estimate of drug-likeness (QED) is 0.518. The molecule has 0 fully saturated rings. The topological polar surface area (TPSA) is 0 Å². The van der Waals surface area contributed by atoms with Crippen LogP contribution in [0.4, 0.5) is 0 Å². The Morgan fingerprint density at radius 1 is 1.38 bits per heavy atom. The zero-order valence-electron chi connectivity index (χ0n) is 8.75. The molecular weight excluding hydrogens is 255 g/mol. The van der Waals surface area contributed by atoms with Crippen molar-refractivity contribution in [2.75, 3.05) is 0 Å². The molecule has 0 saturated heterocycles. The summed E-state index contributed by atoms with van der Waals surface area (Å²) in [6, 6.07) is 1.29. The molecule has 0 rings (SSSR count). The molecule has 4 heteroatoms. The molecule has 0 unspecified atom stereocenters. The van der Waals surface area contributed by atoms with Crippen LogP contribution in [0.15, 0.2) is 23.8 Å². The van der Waals surface area contributed by atoms with E-state index in [4.69, 9.17) is 18.6 Å². The summed E-state index contributed by atoms with van der Waals surface area (Å²) in [5, 5.41) is 0. The standard InChI is InChI=1S/C9H17Si.2ClH.Ti/c1-8(2)6-9(3)7-10(4)5;;;/h6H,1,7H2,2-5H3;2*1H;/q;;;+2/p-2/b9-6+;;;. The van der Waals surface area contributed by atoms with Gasteiger partial charge in [-0.05, 0) is 19.9 Å². The van der Waals surface area contributed by atoms with Crippen molar-refractivity contribution in [3.63, 3.8) is 0 Å². The third-order valence-electron chi connectivity index (χ3n) is 1.13. The molecule has 0 heterocycles. The molecule has 0 amide bonds. The Balaban J connectivity index is 0. The van der Waals surface area contributed by atoms with Gasteiger partial charge in [0.15, 0.2) is 0 Å². The fraction of sp³-hybridized carbons (Fsp3) is 0.556. The zero-order chi connectivity index (χ0) is 10.9.